The van der Waals surface area contributed by atoms with Gasteiger partial charge in [-0.25, -0.2) is 4.39 Å². The van der Waals surface area contributed by atoms with Gasteiger partial charge in [-0.2, -0.15) is 0 Å². The maximum atomic E-state index is 12.4. The molecule has 1 rings (SSSR count). The monoisotopic (exact) mass is 161 g/mol. The number of thiophene rings is 1. The van der Waals surface area contributed by atoms with E-state index in [4.69, 9.17) is 0 Å². The van der Waals surface area contributed by atoms with Crippen LogP contribution in [0.15, 0.2) is 11.4 Å². The maximum absolute atomic E-state index is 12.4. The predicted molar refractivity (Wildman–Crippen MR) is 35.0 cm³/mol. The zero-order valence-electron chi connectivity index (χ0n) is 4.91. The van der Waals surface area contributed by atoms with Gasteiger partial charge in [0.05, 0.1) is 0 Å². The molecule has 5 heteroatoms. The minimum absolute atomic E-state index is 0.185. The maximum Gasteiger partial charge on any atom is 0.240 e. The van der Waals surface area contributed by atoms with Gasteiger partial charge in [0.2, 0.25) is 6.54 Å². The summed E-state index contributed by atoms with van der Waals surface area (Å²) in [7, 11) is 0. The van der Waals surface area contributed by atoms with Gasteiger partial charge in [-0.05, 0) is 11.4 Å². The smallest absolute Gasteiger partial charge is 0.240 e. The van der Waals surface area contributed by atoms with Gasteiger partial charge < -0.3 is 0 Å². The van der Waals surface area contributed by atoms with Crippen molar-refractivity contribution in [2.75, 3.05) is 0 Å². The van der Waals surface area contributed by atoms with Gasteiger partial charge >= 0.3 is 0 Å². The van der Waals surface area contributed by atoms with Crippen LogP contribution in [0.4, 0.5) is 4.39 Å². The summed E-state index contributed by atoms with van der Waals surface area (Å²) in [5, 5.41) is 11.4. The average molecular weight is 161 g/mol. The van der Waals surface area contributed by atoms with Crippen molar-refractivity contribution in [3.05, 3.63) is 32.3 Å². The van der Waals surface area contributed by atoms with Gasteiger partial charge in [0.15, 0.2) is 0 Å². The minimum Gasteiger partial charge on any atom is -0.264 e. The van der Waals surface area contributed by atoms with Crippen molar-refractivity contribution in [2.24, 2.45) is 0 Å². The Hall–Kier alpha value is -0.970. The number of nitro groups is 1. The molecule has 0 N–H and O–H groups in total. The third kappa shape index (κ3) is 1.51. The van der Waals surface area contributed by atoms with Gasteiger partial charge in [0.1, 0.15) is 10.7 Å². The van der Waals surface area contributed by atoms with E-state index >= 15 is 0 Å². The average Bonchev–Trinajstić information content (AvgIpc) is 2.15. The summed E-state index contributed by atoms with van der Waals surface area (Å²) < 4.78 is 12.4. The van der Waals surface area contributed by atoms with Crippen molar-refractivity contribution in [3.63, 3.8) is 0 Å². The van der Waals surface area contributed by atoms with E-state index in [0.29, 0.717) is 0 Å². The van der Waals surface area contributed by atoms with E-state index in [1.807, 2.05) is 0 Å². The van der Waals surface area contributed by atoms with Crippen LogP contribution in [-0.2, 0) is 6.54 Å². The Morgan fingerprint density at radius 3 is 2.90 bits per heavy atom. The van der Waals surface area contributed by atoms with Crippen LogP contribution in [0.2, 0.25) is 0 Å². The van der Waals surface area contributed by atoms with Crippen LogP contribution in [0.3, 0.4) is 0 Å². The lowest BCUT2D eigenvalue weighted by Crippen LogP contribution is -1.96. The van der Waals surface area contributed by atoms with Crippen molar-refractivity contribution < 1.29 is 9.31 Å². The Kier molecular flexibility index (Phi) is 1.96. The first-order valence-corrected chi connectivity index (χ1v) is 3.42. The Balaban J connectivity index is 2.74. The van der Waals surface area contributed by atoms with Gasteiger partial charge in [0.25, 0.3) is 0 Å². The summed E-state index contributed by atoms with van der Waals surface area (Å²) in [5.74, 6) is -0.485. The molecular weight excluding hydrogens is 157 g/mol. The SMILES string of the molecule is O=[N+]([O-])Cc1sccc1F. The van der Waals surface area contributed by atoms with E-state index < -0.39 is 17.3 Å². The predicted octanol–water partition coefficient (Wildman–Crippen LogP) is 1.66. The molecule has 0 aromatic carbocycles. The van der Waals surface area contributed by atoms with Crippen LogP contribution >= 0.6 is 11.3 Å². The fourth-order valence-electron chi connectivity index (χ4n) is 0.555. The van der Waals surface area contributed by atoms with E-state index in [1.165, 1.54) is 11.4 Å². The molecule has 0 aliphatic carbocycles. The molecule has 0 radical (unpaired) electrons. The Morgan fingerprint density at radius 2 is 2.50 bits per heavy atom. The summed E-state index contributed by atoms with van der Waals surface area (Å²) in [5.41, 5.74) is 0. The quantitative estimate of drug-likeness (QED) is 0.489. The lowest BCUT2D eigenvalue weighted by Gasteiger charge is -1.87. The molecule has 0 saturated heterocycles. The third-order valence-corrected chi connectivity index (χ3v) is 1.84. The molecule has 0 bridgehead atoms. The summed E-state index contributed by atoms with van der Waals surface area (Å²) in [4.78, 5) is 9.50. The van der Waals surface area contributed by atoms with Gasteiger partial charge in [-0.15, -0.1) is 11.3 Å². The van der Waals surface area contributed by atoms with Crippen LogP contribution in [0.5, 0.6) is 0 Å². The fourth-order valence-corrected chi connectivity index (χ4v) is 1.27. The molecule has 0 amide bonds. The van der Waals surface area contributed by atoms with E-state index in [-0.39, 0.29) is 4.88 Å². The topological polar surface area (TPSA) is 43.1 Å². The molecule has 10 heavy (non-hydrogen) atoms. The van der Waals surface area contributed by atoms with Crippen molar-refractivity contribution in [1.82, 2.24) is 0 Å². The third-order valence-electron chi connectivity index (χ3n) is 0.964. The highest BCUT2D eigenvalue weighted by Gasteiger charge is 2.08. The number of hydrogen-bond donors (Lipinski definition) is 0. The molecule has 1 aromatic rings. The first-order chi connectivity index (χ1) is 4.70. The molecule has 0 fully saturated rings. The lowest BCUT2D eigenvalue weighted by atomic mass is 10.4. The molecule has 54 valence electrons. The Morgan fingerprint density at radius 1 is 1.80 bits per heavy atom. The number of halogens is 1. The largest absolute Gasteiger partial charge is 0.264 e. The second-order valence-electron chi connectivity index (χ2n) is 1.68. The van der Waals surface area contributed by atoms with Crippen molar-refractivity contribution >= 4 is 11.3 Å². The minimum atomic E-state index is -0.547. The molecular formula is C5H4FNO2S. The zero-order valence-corrected chi connectivity index (χ0v) is 5.73. The highest BCUT2D eigenvalue weighted by molar-refractivity contribution is 7.09. The Labute approximate surface area is 60.3 Å². The highest BCUT2D eigenvalue weighted by atomic mass is 32.1. The first kappa shape index (κ1) is 7.14. The van der Waals surface area contributed by atoms with Gasteiger partial charge in [0, 0.05) is 4.92 Å². The molecule has 1 aromatic heterocycles. The lowest BCUT2D eigenvalue weighted by molar-refractivity contribution is -0.496. The molecule has 0 aliphatic heterocycles. The molecule has 0 unspecified atom stereocenters. The zero-order chi connectivity index (χ0) is 7.56. The van der Waals surface area contributed by atoms with E-state index in [1.54, 1.807) is 0 Å². The summed E-state index contributed by atoms with van der Waals surface area (Å²) in [6.45, 7) is -0.413. The number of nitrogens with zero attached hydrogens (tertiary/aromatic N) is 1. The van der Waals surface area contributed by atoms with Crippen LogP contribution in [-0.4, -0.2) is 4.92 Å². The molecule has 0 aliphatic rings. The molecule has 1 heterocycles. The van der Waals surface area contributed by atoms with Crippen LogP contribution in [0.1, 0.15) is 4.88 Å². The van der Waals surface area contributed by atoms with Crippen molar-refractivity contribution in [3.8, 4) is 0 Å². The van der Waals surface area contributed by atoms with Crippen molar-refractivity contribution in [1.29, 1.82) is 0 Å². The Bertz CT molecular complexity index is 248. The second-order valence-corrected chi connectivity index (χ2v) is 2.68. The second kappa shape index (κ2) is 2.74. The molecule has 0 saturated carbocycles. The first-order valence-electron chi connectivity index (χ1n) is 2.54. The normalized spacial score (nSPS) is 9.70. The summed E-state index contributed by atoms with van der Waals surface area (Å²) in [6.07, 6.45) is 0. The van der Waals surface area contributed by atoms with E-state index in [9.17, 15) is 14.5 Å². The standard InChI is InChI=1S/C5H4FNO2S/c6-4-1-2-10-5(4)3-7(8)9/h1-2H,3H2. The summed E-state index contributed by atoms with van der Waals surface area (Å²) >= 11 is 1.06. The van der Waals surface area contributed by atoms with Crippen LogP contribution < -0.4 is 0 Å². The van der Waals surface area contributed by atoms with E-state index in [2.05, 4.69) is 0 Å². The van der Waals surface area contributed by atoms with Gasteiger partial charge in [-0.1, -0.05) is 0 Å². The van der Waals surface area contributed by atoms with Crippen LogP contribution in [0.25, 0.3) is 0 Å². The molecule has 0 spiro atoms. The van der Waals surface area contributed by atoms with E-state index in [0.717, 1.165) is 11.3 Å². The number of rotatable bonds is 2. The molecule has 0 atom stereocenters. The summed E-state index contributed by atoms with van der Waals surface area (Å²) in [6, 6.07) is 1.23. The fraction of sp³-hybridized carbons (Fsp3) is 0.200. The highest BCUT2D eigenvalue weighted by Crippen LogP contribution is 2.14. The van der Waals surface area contributed by atoms with Crippen LogP contribution in [0, 0.1) is 15.9 Å². The molecule has 3 nitrogen and oxygen atoms in total. The number of hydrogen-bond acceptors (Lipinski definition) is 3. The van der Waals surface area contributed by atoms with Gasteiger partial charge in [-0.3, -0.25) is 10.1 Å². The van der Waals surface area contributed by atoms with Crippen molar-refractivity contribution in [2.45, 2.75) is 6.54 Å².